The van der Waals surface area contributed by atoms with Crippen LogP contribution in [-0.2, 0) is 9.59 Å². The van der Waals surface area contributed by atoms with E-state index in [-0.39, 0.29) is 18.9 Å². The Hall–Kier alpha value is -1.80. The number of carboxylic acid groups (broad SMARTS) is 1. The molecule has 22 heavy (non-hydrogen) atoms. The maximum atomic E-state index is 13.2. The predicted molar refractivity (Wildman–Crippen MR) is 83.1 cm³/mol. The first kappa shape index (κ1) is 16.6. The maximum Gasteiger partial charge on any atom is 0.303 e. The van der Waals surface area contributed by atoms with Crippen LogP contribution in [0.15, 0.2) is 23.1 Å². The van der Waals surface area contributed by atoms with Crippen LogP contribution >= 0.6 is 24.0 Å². The molecule has 2 rings (SSSR count). The Labute approximate surface area is 134 Å². The van der Waals surface area contributed by atoms with E-state index in [0.717, 1.165) is 23.9 Å². The summed E-state index contributed by atoms with van der Waals surface area (Å²) in [5, 5.41) is 8.60. The molecule has 0 aromatic heterocycles. The number of thiocarbonyl (C=S) groups is 1. The van der Waals surface area contributed by atoms with Gasteiger partial charge in [-0.05, 0) is 30.2 Å². The van der Waals surface area contributed by atoms with Crippen LogP contribution in [0.25, 0.3) is 6.08 Å². The summed E-state index contributed by atoms with van der Waals surface area (Å²) in [6, 6.07) is 3.33. The molecular weight excluding hydrogens is 332 g/mol. The molecule has 0 radical (unpaired) electrons. The van der Waals surface area contributed by atoms with Gasteiger partial charge in [0.1, 0.15) is 4.32 Å². The minimum atomic E-state index is -0.995. The fourth-order valence-corrected chi connectivity index (χ4v) is 3.14. The molecule has 1 aromatic rings. The van der Waals surface area contributed by atoms with Gasteiger partial charge in [0.15, 0.2) is 11.6 Å². The normalized spacial score (nSPS) is 16.6. The van der Waals surface area contributed by atoms with Gasteiger partial charge in [0.2, 0.25) is 0 Å². The smallest absolute Gasteiger partial charge is 0.303 e. The quantitative estimate of drug-likeness (QED) is 0.658. The van der Waals surface area contributed by atoms with Crippen LogP contribution in [0.5, 0.6) is 0 Å². The number of thioether (sulfide) groups is 1. The van der Waals surface area contributed by atoms with Crippen molar-refractivity contribution in [1.82, 2.24) is 4.90 Å². The van der Waals surface area contributed by atoms with Crippen molar-refractivity contribution >= 4 is 46.3 Å². The Morgan fingerprint density at radius 2 is 2.09 bits per heavy atom. The van der Waals surface area contributed by atoms with E-state index in [2.05, 4.69) is 0 Å². The van der Waals surface area contributed by atoms with Crippen molar-refractivity contribution in [2.24, 2.45) is 0 Å². The molecule has 8 heteroatoms. The van der Waals surface area contributed by atoms with Crippen molar-refractivity contribution in [3.8, 4) is 0 Å². The molecular formula is C14H11F2NO3S2. The molecule has 1 aliphatic rings. The molecule has 0 atom stereocenters. The highest BCUT2D eigenvalue weighted by Crippen LogP contribution is 2.32. The minimum absolute atomic E-state index is 0.0563. The zero-order valence-corrected chi connectivity index (χ0v) is 12.8. The molecule has 0 saturated carbocycles. The second kappa shape index (κ2) is 6.97. The number of carbonyl (C=O) groups excluding carboxylic acids is 1. The number of aliphatic carboxylic acids is 1. The van der Waals surface area contributed by atoms with Gasteiger partial charge in [0.25, 0.3) is 5.91 Å². The van der Waals surface area contributed by atoms with Crippen molar-refractivity contribution < 1.29 is 23.5 Å². The number of carboxylic acids is 1. The summed E-state index contributed by atoms with van der Waals surface area (Å²) in [4.78, 5) is 24.3. The number of hydrogen-bond acceptors (Lipinski definition) is 4. The van der Waals surface area contributed by atoms with E-state index < -0.39 is 17.6 Å². The first-order valence-corrected chi connectivity index (χ1v) is 7.53. The molecule has 0 bridgehead atoms. The van der Waals surface area contributed by atoms with E-state index in [1.165, 1.54) is 17.0 Å². The van der Waals surface area contributed by atoms with Gasteiger partial charge in [-0.1, -0.05) is 30.0 Å². The lowest BCUT2D eigenvalue weighted by atomic mass is 10.2. The zero-order chi connectivity index (χ0) is 16.3. The lowest BCUT2D eigenvalue weighted by Gasteiger charge is -2.13. The van der Waals surface area contributed by atoms with Gasteiger partial charge in [0, 0.05) is 13.0 Å². The van der Waals surface area contributed by atoms with Crippen molar-refractivity contribution in [1.29, 1.82) is 0 Å². The van der Waals surface area contributed by atoms with Gasteiger partial charge in [-0.25, -0.2) is 8.78 Å². The van der Waals surface area contributed by atoms with E-state index in [9.17, 15) is 18.4 Å². The lowest BCUT2D eigenvalue weighted by Crippen LogP contribution is -2.29. The molecule has 1 saturated heterocycles. The molecule has 4 nitrogen and oxygen atoms in total. The van der Waals surface area contributed by atoms with Crippen molar-refractivity contribution in [2.45, 2.75) is 12.8 Å². The number of benzene rings is 1. The number of amides is 1. The topological polar surface area (TPSA) is 57.6 Å². The van der Waals surface area contributed by atoms with Crippen LogP contribution < -0.4 is 0 Å². The summed E-state index contributed by atoms with van der Waals surface area (Å²) in [6.07, 6.45) is 1.67. The van der Waals surface area contributed by atoms with E-state index in [1.54, 1.807) is 0 Å². The minimum Gasteiger partial charge on any atom is -0.481 e. The Morgan fingerprint density at radius 1 is 1.36 bits per heavy atom. The van der Waals surface area contributed by atoms with Gasteiger partial charge in [-0.2, -0.15) is 0 Å². The van der Waals surface area contributed by atoms with Crippen molar-refractivity contribution in [2.75, 3.05) is 6.54 Å². The lowest BCUT2D eigenvalue weighted by molar-refractivity contribution is -0.137. The van der Waals surface area contributed by atoms with E-state index in [0.29, 0.717) is 21.2 Å². The third kappa shape index (κ3) is 3.89. The summed E-state index contributed by atoms with van der Waals surface area (Å²) in [7, 11) is 0. The molecule has 1 amide bonds. The van der Waals surface area contributed by atoms with Gasteiger partial charge in [0.05, 0.1) is 4.91 Å². The molecule has 0 unspecified atom stereocenters. The number of halogens is 2. The largest absolute Gasteiger partial charge is 0.481 e. The summed E-state index contributed by atoms with van der Waals surface area (Å²) < 4.78 is 26.4. The van der Waals surface area contributed by atoms with Crippen LogP contribution in [0, 0.1) is 11.6 Å². The van der Waals surface area contributed by atoms with Gasteiger partial charge in [-0.15, -0.1) is 0 Å². The van der Waals surface area contributed by atoms with Crippen LogP contribution in [0.3, 0.4) is 0 Å². The Bertz CT molecular complexity index is 676. The monoisotopic (exact) mass is 343 g/mol. The highest BCUT2D eigenvalue weighted by Gasteiger charge is 2.31. The molecule has 116 valence electrons. The third-order valence-corrected chi connectivity index (χ3v) is 4.27. The van der Waals surface area contributed by atoms with Crippen LogP contribution in [-0.4, -0.2) is 32.7 Å². The SMILES string of the molecule is O=C(O)CCCN1C(=O)/C(=C\c2ccc(F)c(F)c2)SC1=S. The third-order valence-electron chi connectivity index (χ3n) is 2.89. The second-order valence-corrected chi connectivity index (χ2v) is 6.18. The summed E-state index contributed by atoms with van der Waals surface area (Å²) in [5.74, 6) is -3.25. The molecule has 1 fully saturated rings. The van der Waals surface area contributed by atoms with Crippen molar-refractivity contribution in [3.05, 3.63) is 40.3 Å². The Kier molecular flexibility index (Phi) is 5.25. The number of carbonyl (C=O) groups is 2. The van der Waals surface area contributed by atoms with E-state index >= 15 is 0 Å². The highest BCUT2D eigenvalue weighted by atomic mass is 32.2. The molecule has 0 spiro atoms. The Balaban J connectivity index is 2.11. The molecule has 0 aliphatic carbocycles. The molecule has 1 aromatic carbocycles. The van der Waals surface area contributed by atoms with Crippen LogP contribution in [0.4, 0.5) is 8.78 Å². The Morgan fingerprint density at radius 3 is 2.73 bits per heavy atom. The zero-order valence-electron chi connectivity index (χ0n) is 11.2. The van der Waals surface area contributed by atoms with Gasteiger partial charge >= 0.3 is 5.97 Å². The number of nitrogens with zero attached hydrogens (tertiary/aromatic N) is 1. The first-order valence-electron chi connectivity index (χ1n) is 6.30. The fraction of sp³-hybridized carbons (Fsp3) is 0.214. The second-order valence-electron chi connectivity index (χ2n) is 4.50. The van der Waals surface area contributed by atoms with Gasteiger partial charge in [-0.3, -0.25) is 14.5 Å². The maximum absolute atomic E-state index is 13.2. The standard InChI is InChI=1S/C14H11F2NO3S2/c15-9-4-3-8(6-10(9)16)7-11-13(20)17(14(21)22-11)5-1-2-12(18)19/h3-4,6-7H,1-2,5H2,(H,18,19)/b11-7+. The number of rotatable bonds is 5. The molecule has 1 heterocycles. The van der Waals surface area contributed by atoms with E-state index in [1.807, 2.05) is 0 Å². The van der Waals surface area contributed by atoms with Crippen molar-refractivity contribution in [3.63, 3.8) is 0 Å². The fourth-order valence-electron chi connectivity index (χ4n) is 1.83. The summed E-state index contributed by atoms with van der Waals surface area (Å²) in [5.41, 5.74) is 0.352. The van der Waals surface area contributed by atoms with Crippen LogP contribution in [0.1, 0.15) is 18.4 Å². The first-order chi connectivity index (χ1) is 10.4. The average Bonchev–Trinajstić information content (AvgIpc) is 2.70. The van der Waals surface area contributed by atoms with Gasteiger partial charge < -0.3 is 5.11 Å². The summed E-state index contributed by atoms with van der Waals surface area (Å²) >= 11 is 6.13. The van der Waals surface area contributed by atoms with E-state index in [4.69, 9.17) is 17.3 Å². The molecule has 1 N–H and O–H groups in total. The van der Waals surface area contributed by atoms with Crippen LogP contribution in [0.2, 0.25) is 0 Å². The highest BCUT2D eigenvalue weighted by molar-refractivity contribution is 8.26. The summed E-state index contributed by atoms with van der Waals surface area (Å²) in [6.45, 7) is 0.214. The predicted octanol–water partition coefficient (Wildman–Crippen LogP) is 3.03. The number of hydrogen-bond donors (Lipinski definition) is 1. The molecule has 1 aliphatic heterocycles. The average molecular weight is 343 g/mol.